The molecule has 0 aromatic heterocycles. The zero-order valence-corrected chi connectivity index (χ0v) is 20.6. The van der Waals surface area contributed by atoms with Crippen molar-refractivity contribution in [2.24, 2.45) is 0 Å². The molecule has 0 N–H and O–H groups in total. The molecule has 1 saturated heterocycles. The van der Waals surface area contributed by atoms with Gasteiger partial charge < -0.3 is 14.4 Å². The fraction of sp³-hybridized carbons (Fsp3) is 0.318. The molecule has 1 atom stereocenters. The zero-order valence-electron chi connectivity index (χ0n) is 19.7. The van der Waals surface area contributed by atoms with Crippen LogP contribution in [0.3, 0.4) is 0 Å². The highest BCUT2D eigenvalue weighted by molar-refractivity contribution is 7.91. The molecule has 2 aromatic carbocycles. The minimum atomic E-state index is -4.72. The van der Waals surface area contributed by atoms with E-state index in [0.717, 1.165) is 7.11 Å². The van der Waals surface area contributed by atoms with Crippen molar-refractivity contribution in [3.63, 3.8) is 0 Å². The first-order valence-electron chi connectivity index (χ1n) is 10.8. The minimum absolute atomic E-state index is 0.0341. The fourth-order valence-corrected chi connectivity index (χ4v) is 5.58. The Kier molecular flexibility index (Phi) is 7.19. The van der Waals surface area contributed by atoms with Crippen LogP contribution in [-0.2, 0) is 29.0 Å². The summed E-state index contributed by atoms with van der Waals surface area (Å²) in [5.74, 6) is -21.7. The number of ether oxygens (including phenoxy) is 2. The fourth-order valence-electron chi connectivity index (χ4n) is 4.14. The van der Waals surface area contributed by atoms with Crippen molar-refractivity contribution in [1.29, 1.82) is 0 Å². The number of carbonyl (C=O) groups excluding carboxylic acids is 3. The van der Waals surface area contributed by atoms with Gasteiger partial charge in [0.1, 0.15) is 18.4 Å². The Morgan fingerprint density at radius 1 is 1.02 bits per heavy atom. The number of nitrogens with zero attached hydrogens (tertiary/aromatic N) is 2. The third kappa shape index (κ3) is 4.79. The largest absolute Gasteiger partial charge is 0.482 e. The maximum Gasteiger partial charge on any atom is 0.482 e. The quantitative estimate of drug-likeness (QED) is 0.229. The lowest BCUT2D eigenvalue weighted by molar-refractivity contribution is -0.193. The summed E-state index contributed by atoms with van der Waals surface area (Å²) < 4.78 is 146. The molecule has 2 amide bonds. The van der Waals surface area contributed by atoms with E-state index in [4.69, 9.17) is 0 Å². The lowest BCUT2D eigenvalue weighted by atomic mass is 10.0. The molecule has 0 unspecified atom stereocenters. The Bertz CT molecular complexity index is 1540. The maximum absolute atomic E-state index is 14.8. The van der Waals surface area contributed by atoms with Crippen molar-refractivity contribution < 1.29 is 67.4 Å². The molecular formula is C22H14F8N2O7S. The molecule has 1 fully saturated rings. The summed E-state index contributed by atoms with van der Waals surface area (Å²) >= 11 is 0. The van der Waals surface area contributed by atoms with Crippen LogP contribution in [0.5, 0.6) is 5.75 Å². The summed E-state index contributed by atoms with van der Waals surface area (Å²) in [6.45, 7) is -2.00. The first-order chi connectivity index (χ1) is 18.5. The average molecular weight is 602 g/mol. The number of hydrogen-bond donors (Lipinski definition) is 0. The number of alkyl halides is 2. The molecule has 0 bridgehead atoms. The Balaban J connectivity index is 1.82. The molecule has 2 aromatic rings. The van der Waals surface area contributed by atoms with Crippen LogP contribution in [0.4, 0.5) is 40.8 Å². The number of sulfone groups is 1. The topological polar surface area (TPSA) is 110 Å². The maximum atomic E-state index is 14.8. The number of methoxy groups -OCH3 is 1. The number of carbonyl (C=O) groups is 3. The van der Waals surface area contributed by atoms with Crippen molar-refractivity contribution in [3.05, 3.63) is 47.0 Å². The van der Waals surface area contributed by atoms with E-state index < -0.39 is 122 Å². The molecule has 2 aliphatic rings. The number of amides is 2. The minimum Gasteiger partial charge on any atom is -0.467 e. The number of hydrogen-bond acceptors (Lipinski definition) is 7. The van der Waals surface area contributed by atoms with Crippen LogP contribution in [-0.4, -0.2) is 75.0 Å². The van der Waals surface area contributed by atoms with Crippen LogP contribution >= 0.6 is 0 Å². The predicted octanol–water partition coefficient (Wildman–Crippen LogP) is 2.31. The van der Waals surface area contributed by atoms with Crippen molar-refractivity contribution >= 4 is 33.3 Å². The number of anilines is 1. The number of rotatable bonds is 4. The SMILES string of the molecule is COC(=O)[C@@H]1CS(=O)(=O)CCN1C(=O)CN1C(=O)C(F)(F)Oc2cc(F)c(-c3c(F)c(F)c(F)c(F)c3F)cc21. The van der Waals surface area contributed by atoms with Crippen molar-refractivity contribution in [1.82, 2.24) is 4.90 Å². The molecule has 0 saturated carbocycles. The summed E-state index contributed by atoms with van der Waals surface area (Å²) in [7, 11) is -2.96. The monoisotopic (exact) mass is 602 g/mol. The average Bonchev–Trinajstić information content (AvgIpc) is 2.88. The smallest absolute Gasteiger partial charge is 0.467 e. The lowest BCUT2D eigenvalue weighted by Crippen LogP contribution is -2.59. The highest BCUT2D eigenvalue weighted by Gasteiger charge is 2.52. The van der Waals surface area contributed by atoms with E-state index >= 15 is 0 Å². The van der Waals surface area contributed by atoms with Crippen LogP contribution in [0, 0.1) is 34.9 Å². The molecule has 2 heterocycles. The van der Waals surface area contributed by atoms with E-state index in [1.807, 2.05) is 0 Å². The van der Waals surface area contributed by atoms with Gasteiger partial charge in [0.15, 0.2) is 38.9 Å². The van der Waals surface area contributed by atoms with Crippen LogP contribution < -0.4 is 9.64 Å². The van der Waals surface area contributed by atoms with Crippen LogP contribution in [0.1, 0.15) is 0 Å². The number of benzene rings is 2. The third-order valence-electron chi connectivity index (χ3n) is 6.07. The molecule has 4 rings (SSSR count). The van der Waals surface area contributed by atoms with Gasteiger partial charge in [-0.2, -0.15) is 8.78 Å². The molecule has 2 aliphatic heterocycles. The summed E-state index contributed by atoms with van der Waals surface area (Å²) in [4.78, 5) is 38.2. The molecule has 216 valence electrons. The molecule has 0 radical (unpaired) electrons. The van der Waals surface area contributed by atoms with Gasteiger partial charge in [-0.15, -0.1) is 0 Å². The number of esters is 1. The Labute approximate surface area is 218 Å². The summed E-state index contributed by atoms with van der Waals surface area (Å²) in [5, 5.41) is 0. The highest BCUT2D eigenvalue weighted by Crippen LogP contribution is 2.44. The van der Waals surface area contributed by atoms with Crippen LogP contribution in [0.15, 0.2) is 12.1 Å². The van der Waals surface area contributed by atoms with Crippen molar-refractivity contribution in [3.8, 4) is 16.9 Å². The first kappa shape index (κ1) is 29.0. The molecular weight excluding hydrogens is 588 g/mol. The van der Waals surface area contributed by atoms with Gasteiger partial charge in [0.25, 0.3) is 0 Å². The molecule has 18 heteroatoms. The predicted molar refractivity (Wildman–Crippen MR) is 116 cm³/mol. The summed E-state index contributed by atoms with van der Waals surface area (Å²) in [5.41, 5.74) is -4.12. The van der Waals surface area contributed by atoms with Gasteiger partial charge in [-0.05, 0) is 6.07 Å². The van der Waals surface area contributed by atoms with Gasteiger partial charge >= 0.3 is 18.0 Å². The van der Waals surface area contributed by atoms with Crippen LogP contribution in [0.25, 0.3) is 11.1 Å². The van der Waals surface area contributed by atoms with Gasteiger partial charge in [0.05, 0.1) is 29.9 Å². The van der Waals surface area contributed by atoms with Crippen LogP contribution in [0.2, 0.25) is 0 Å². The first-order valence-corrected chi connectivity index (χ1v) is 12.6. The van der Waals surface area contributed by atoms with Gasteiger partial charge in [0, 0.05) is 18.2 Å². The van der Waals surface area contributed by atoms with Gasteiger partial charge in [-0.25, -0.2) is 39.6 Å². The zero-order chi connectivity index (χ0) is 29.9. The Morgan fingerprint density at radius 3 is 2.17 bits per heavy atom. The molecule has 40 heavy (non-hydrogen) atoms. The van der Waals surface area contributed by atoms with E-state index in [9.17, 15) is 57.9 Å². The van der Waals surface area contributed by atoms with E-state index in [1.165, 1.54) is 0 Å². The summed E-state index contributed by atoms with van der Waals surface area (Å²) in [6.07, 6.45) is -4.72. The lowest BCUT2D eigenvalue weighted by Gasteiger charge is -2.37. The van der Waals surface area contributed by atoms with Gasteiger partial charge in [-0.1, -0.05) is 0 Å². The number of halogens is 8. The standard InChI is InChI=1S/C22H14F8N2O7S/c1-38-20(34)11-7-40(36,37)3-2-31(11)13(33)6-32-10-4-8(9(23)5-12(10)39-22(29,30)21(32)35)14-15(24)17(26)19(28)18(27)16(14)25/h4-5,11H,2-3,6-7H2,1H3/t11-/m0/s1. The molecule has 0 aliphatic carbocycles. The highest BCUT2D eigenvalue weighted by atomic mass is 32.2. The Morgan fingerprint density at radius 2 is 1.60 bits per heavy atom. The second-order valence-corrected chi connectivity index (χ2v) is 10.7. The van der Waals surface area contributed by atoms with E-state index in [-0.39, 0.29) is 17.0 Å². The van der Waals surface area contributed by atoms with Crippen molar-refractivity contribution in [2.75, 3.05) is 36.6 Å². The third-order valence-corrected chi connectivity index (χ3v) is 7.70. The number of fused-ring (bicyclic) bond motifs is 1. The van der Waals surface area contributed by atoms with Gasteiger partial charge in [-0.3, -0.25) is 14.5 Å². The van der Waals surface area contributed by atoms with E-state index in [2.05, 4.69) is 9.47 Å². The second kappa shape index (κ2) is 9.90. The van der Waals surface area contributed by atoms with Crippen molar-refractivity contribution in [2.45, 2.75) is 12.2 Å². The second-order valence-electron chi connectivity index (χ2n) is 8.50. The van der Waals surface area contributed by atoms with Gasteiger partial charge in [0.2, 0.25) is 11.7 Å². The Hall–Kier alpha value is -3.96. The normalized spacial score (nSPS) is 19.6. The summed E-state index contributed by atoms with van der Waals surface area (Å²) in [6, 6.07) is -1.41. The molecule has 0 spiro atoms. The van der Waals surface area contributed by atoms with E-state index in [1.54, 1.807) is 0 Å². The van der Waals surface area contributed by atoms with E-state index in [0.29, 0.717) is 4.90 Å². The molecule has 9 nitrogen and oxygen atoms in total.